The first-order valence-corrected chi connectivity index (χ1v) is 9.93. The van der Waals surface area contributed by atoms with Crippen LogP contribution in [0.4, 0.5) is 0 Å². The Morgan fingerprint density at radius 3 is 0.889 bits per heavy atom. The average molecular weight is 436 g/mol. The number of rotatable bonds is 2. The van der Waals surface area contributed by atoms with E-state index in [2.05, 4.69) is 48.5 Å². The third-order valence-electron chi connectivity index (χ3n) is 1.19. The van der Waals surface area contributed by atoms with Crippen molar-refractivity contribution in [2.24, 2.45) is 0 Å². The molecule has 0 N–H and O–H groups in total. The first kappa shape index (κ1) is 22.0. The van der Waals surface area contributed by atoms with Crippen LogP contribution < -0.4 is 10.6 Å². The molecule has 0 spiro atoms. The zero-order chi connectivity index (χ0) is 12.0. The van der Waals surface area contributed by atoms with Gasteiger partial charge in [0.15, 0.2) is 0 Å². The van der Waals surface area contributed by atoms with E-state index >= 15 is 0 Å². The van der Waals surface area contributed by atoms with Crippen LogP contribution in [0.3, 0.4) is 0 Å². The molecular formula is C10Cl4Fe2P2-10. The molecule has 0 fully saturated rings. The summed E-state index contributed by atoms with van der Waals surface area (Å²) in [7, 11) is 0. The molecule has 104 valence electrons. The average Bonchev–Trinajstić information content (AvgIpc) is 2.93. The first-order valence-electron chi connectivity index (χ1n) is 3.62. The van der Waals surface area contributed by atoms with Gasteiger partial charge < -0.3 is 59.1 Å². The topological polar surface area (TPSA) is 0 Å². The summed E-state index contributed by atoms with van der Waals surface area (Å²) >= 11 is 21.9. The molecule has 0 aliphatic rings. The summed E-state index contributed by atoms with van der Waals surface area (Å²) in [4.78, 5) is 0. The van der Waals surface area contributed by atoms with Gasteiger partial charge in [0.1, 0.15) is 0 Å². The molecule has 0 atom stereocenters. The van der Waals surface area contributed by atoms with Crippen LogP contribution in [0.2, 0.25) is 0 Å². The largest absolute Gasteiger partial charge is 0.998 e. The molecule has 0 unspecified atom stereocenters. The van der Waals surface area contributed by atoms with Crippen LogP contribution in [0, 0.1) is 48.5 Å². The Hall–Kier alpha value is 1.76. The first-order chi connectivity index (χ1) is 7.61. The Bertz CT molecular complexity index is 338. The maximum Gasteiger partial charge on any atom is 0 e. The van der Waals surface area contributed by atoms with Crippen molar-refractivity contribution in [2.45, 2.75) is 0 Å². The molecule has 0 aliphatic carbocycles. The second-order valence-corrected chi connectivity index (χ2v) is 9.08. The van der Waals surface area contributed by atoms with E-state index < -0.39 is 13.3 Å². The maximum absolute atomic E-state index is 5.47. The number of hydrogen-bond donors (Lipinski definition) is 0. The van der Waals surface area contributed by atoms with Gasteiger partial charge in [-0.15, -0.1) is 58.2 Å². The normalized spacial score (nSPS) is 9.22. The van der Waals surface area contributed by atoms with Crippen molar-refractivity contribution in [1.29, 1.82) is 0 Å². The van der Waals surface area contributed by atoms with E-state index in [1.165, 1.54) is 0 Å². The maximum atomic E-state index is 5.47. The van der Waals surface area contributed by atoms with Gasteiger partial charge in [0.2, 0.25) is 0 Å². The van der Waals surface area contributed by atoms with Gasteiger partial charge in [0, 0.05) is 34.1 Å². The zero-order valence-electron chi connectivity index (χ0n) is 8.11. The predicted molar refractivity (Wildman–Crippen MR) is 71.3 cm³/mol. The fraction of sp³-hybridized carbons (Fsp3) is 0. The smallest absolute Gasteiger partial charge is 0 e. The van der Waals surface area contributed by atoms with Crippen LogP contribution in [0.15, 0.2) is 0 Å². The van der Waals surface area contributed by atoms with Gasteiger partial charge >= 0.3 is 0 Å². The third-order valence-corrected chi connectivity index (χ3v) is 4.34. The van der Waals surface area contributed by atoms with Crippen molar-refractivity contribution < 1.29 is 34.1 Å². The van der Waals surface area contributed by atoms with E-state index in [4.69, 9.17) is 45.0 Å². The van der Waals surface area contributed by atoms with Crippen molar-refractivity contribution in [3.63, 3.8) is 0 Å². The zero-order valence-corrected chi connectivity index (χ0v) is 15.1. The molecule has 0 radical (unpaired) electrons. The Kier molecular flexibility index (Phi) is 15.3. The van der Waals surface area contributed by atoms with Crippen molar-refractivity contribution in [3.05, 3.63) is 48.5 Å². The second-order valence-electron chi connectivity index (χ2n) is 2.16. The van der Waals surface area contributed by atoms with Crippen LogP contribution in [-0.4, -0.2) is 0 Å². The van der Waals surface area contributed by atoms with Crippen molar-refractivity contribution in [1.82, 2.24) is 0 Å². The molecular weight excluding hydrogens is 436 g/mol. The monoisotopic (exact) mass is 434 g/mol. The van der Waals surface area contributed by atoms with Crippen LogP contribution in [0.25, 0.3) is 0 Å². The summed E-state index contributed by atoms with van der Waals surface area (Å²) in [5.74, 6) is 0. The van der Waals surface area contributed by atoms with Crippen molar-refractivity contribution in [3.8, 4) is 0 Å². The molecule has 0 amide bonds. The molecule has 8 heteroatoms. The molecule has 2 aromatic rings. The Balaban J connectivity index is 0. The van der Waals surface area contributed by atoms with Gasteiger partial charge in [0.25, 0.3) is 0 Å². The predicted octanol–water partition coefficient (Wildman–Crippen LogP) is 4.04. The summed E-state index contributed by atoms with van der Waals surface area (Å²) in [5.41, 5.74) is 0. The van der Waals surface area contributed by atoms with Crippen LogP contribution in [-0.2, 0) is 34.1 Å². The molecule has 0 heterocycles. The molecule has 2 rings (SSSR count). The van der Waals surface area contributed by atoms with Gasteiger partial charge in [-0.05, 0) is 0 Å². The van der Waals surface area contributed by atoms with Crippen LogP contribution in [0.5, 0.6) is 0 Å². The van der Waals surface area contributed by atoms with E-state index in [-0.39, 0.29) is 34.1 Å². The van der Waals surface area contributed by atoms with Crippen molar-refractivity contribution in [2.75, 3.05) is 0 Å². The van der Waals surface area contributed by atoms with E-state index in [0.717, 1.165) is 0 Å². The number of halogens is 4. The minimum Gasteiger partial charge on any atom is -0.998 e. The van der Waals surface area contributed by atoms with E-state index in [9.17, 15) is 0 Å². The second kappa shape index (κ2) is 12.5. The Morgan fingerprint density at radius 1 is 0.556 bits per heavy atom. The molecule has 18 heavy (non-hydrogen) atoms. The van der Waals surface area contributed by atoms with E-state index in [0.29, 0.717) is 10.6 Å². The van der Waals surface area contributed by atoms with Crippen molar-refractivity contribution >= 4 is 68.8 Å². The molecule has 0 bridgehead atoms. The van der Waals surface area contributed by atoms with Gasteiger partial charge in [-0.25, -0.2) is 0 Å². The molecule has 0 nitrogen and oxygen atoms in total. The van der Waals surface area contributed by atoms with Crippen LogP contribution in [0.1, 0.15) is 0 Å². The van der Waals surface area contributed by atoms with Gasteiger partial charge in [-0.2, -0.15) is 0 Å². The van der Waals surface area contributed by atoms with Gasteiger partial charge in [-0.3, -0.25) is 0 Å². The summed E-state index contributed by atoms with van der Waals surface area (Å²) in [6, 6.07) is 20.9. The molecule has 0 saturated heterocycles. The van der Waals surface area contributed by atoms with E-state index in [1.807, 2.05) is 0 Å². The van der Waals surface area contributed by atoms with Crippen LogP contribution >= 0.6 is 58.2 Å². The number of hydrogen-bond acceptors (Lipinski definition) is 0. The minimum atomic E-state index is -1.09. The summed E-state index contributed by atoms with van der Waals surface area (Å²) < 4.78 is 0. The van der Waals surface area contributed by atoms with Gasteiger partial charge in [0.05, 0.1) is 0 Å². The molecule has 0 aromatic heterocycles. The quantitative estimate of drug-likeness (QED) is 0.380. The van der Waals surface area contributed by atoms with E-state index in [1.54, 1.807) is 0 Å². The third kappa shape index (κ3) is 8.84. The summed E-state index contributed by atoms with van der Waals surface area (Å²) in [5, 5.41) is 1.34. The Morgan fingerprint density at radius 2 is 0.778 bits per heavy atom. The Labute approximate surface area is 150 Å². The molecule has 0 saturated carbocycles. The standard InChI is InChI=1S/2C5Cl2P.2Fe/c2*6-8(7)5-3-1-2-4-5;;/q2*-5;;. The summed E-state index contributed by atoms with van der Waals surface area (Å²) in [6.07, 6.45) is 0. The molecule has 2 aromatic carbocycles. The van der Waals surface area contributed by atoms with Gasteiger partial charge in [-0.1, -0.05) is 0 Å². The summed E-state index contributed by atoms with van der Waals surface area (Å²) in [6.45, 7) is -2.18. The fourth-order valence-electron chi connectivity index (χ4n) is 0.593. The molecule has 0 aliphatic heterocycles. The fourth-order valence-corrected chi connectivity index (χ4v) is 2.17. The minimum absolute atomic E-state index is 0. The SMILES string of the molecule is ClP(Cl)[c-]1[c-][c-][c-][c-]1.ClP(Cl)[c-]1[c-][c-][c-][c-]1.[Fe].[Fe].